The molecule has 0 bridgehead atoms. The Kier molecular flexibility index (Phi) is 4.03. The van der Waals surface area contributed by atoms with Crippen molar-refractivity contribution in [1.82, 2.24) is 15.1 Å². The fourth-order valence-corrected chi connectivity index (χ4v) is 3.13. The molecule has 5 rings (SSSR count). The minimum atomic E-state index is 0.553. The van der Waals surface area contributed by atoms with Gasteiger partial charge in [-0.1, -0.05) is 59.8 Å². The van der Waals surface area contributed by atoms with Gasteiger partial charge in [-0.15, -0.1) is 0 Å². The van der Waals surface area contributed by atoms with Crippen molar-refractivity contribution in [3.8, 4) is 22.6 Å². The predicted octanol–water partition coefficient (Wildman–Crippen LogP) is 5.70. The van der Waals surface area contributed by atoms with Gasteiger partial charge in [-0.3, -0.25) is 0 Å². The van der Waals surface area contributed by atoms with E-state index in [1.165, 1.54) is 0 Å². The molecule has 0 saturated carbocycles. The Morgan fingerprint density at radius 2 is 1.54 bits per heavy atom. The summed E-state index contributed by atoms with van der Waals surface area (Å²) in [5, 5.41) is 8.37. The van der Waals surface area contributed by atoms with Gasteiger partial charge in [0.2, 0.25) is 5.95 Å². The molecule has 0 atom stereocenters. The summed E-state index contributed by atoms with van der Waals surface area (Å²) >= 11 is 0. The average Bonchev–Trinajstić information content (AvgIpc) is 3.19. The molecule has 1 N–H and O–H groups in total. The largest absolute Gasteiger partial charge is 0.355 e. The van der Waals surface area contributed by atoms with Crippen molar-refractivity contribution in [2.24, 2.45) is 0 Å². The van der Waals surface area contributed by atoms with Crippen LogP contribution in [0.2, 0.25) is 0 Å². The first-order valence-electron chi connectivity index (χ1n) is 8.97. The monoisotopic (exact) mass is 364 g/mol. The fourth-order valence-electron chi connectivity index (χ4n) is 3.13. The van der Waals surface area contributed by atoms with E-state index < -0.39 is 0 Å². The van der Waals surface area contributed by atoms with Crippen LogP contribution in [0.25, 0.3) is 33.5 Å². The van der Waals surface area contributed by atoms with Gasteiger partial charge in [0.25, 0.3) is 0 Å². The van der Waals surface area contributed by atoms with Gasteiger partial charge in [0.05, 0.1) is 11.1 Å². The van der Waals surface area contributed by atoms with Gasteiger partial charge in [0, 0.05) is 23.0 Å². The first kappa shape index (κ1) is 16.2. The lowest BCUT2D eigenvalue weighted by Gasteiger charge is -2.06. The molecule has 134 valence electrons. The maximum absolute atomic E-state index is 5.60. The molecular weight excluding hydrogens is 348 g/mol. The van der Waals surface area contributed by atoms with E-state index in [1.807, 2.05) is 78.9 Å². The Balaban J connectivity index is 1.54. The molecule has 5 aromatic rings. The van der Waals surface area contributed by atoms with E-state index in [1.54, 1.807) is 6.20 Å². The summed E-state index contributed by atoms with van der Waals surface area (Å²) in [6.07, 6.45) is 1.75. The minimum Gasteiger partial charge on any atom is -0.355 e. The van der Waals surface area contributed by atoms with Crippen LogP contribution in [0, 0.1) is 0 Å². The van der Waals surface area contributed by atoms with Gasteiger partial charge in [-0.25, -0.2) is 9.97 Å². The van der Waals surface area contributed by atoms with Crippen molar-refractivity contribution < 1.29 is 4.52 Å². The Morgan fingerprint density at radius 3 is 2.36 bits per heavy atom. The molecule has 0 spiro atoms. The number of anilines is 2. The SMILES string of the molecule is c1ccc(Nc2nccc(-c3ccc4noc(-c5ccccc5)c4c3)n2)cc1. The Bertz CT molecular complexity index is 1230. The molecule has 5 nitrogen and oxygen atoms in total. The third-order valence-electron chi connectivity index (χ3n) is 4.49. The first-order chi connectivity index (χ1) is 13.9. The standard InChI is InChI=1S/C23H16N4O/c1-3-7-16(8-4-1)22-19-15-17(11-12-21(19)27-28-22)20-13-14-24-23(26-20)25-18-9-5-2-6-10-18/h1-15H,(H,24,25,26). The Hall–Kier alpha value is -3.99. The maximum Gasteiger partial charge on any atom is 0.227 e. The lowest BCUT2D eigenvalue weighted by molar-refractivity contribution is 0.441. The molecule has 0 aliphatic rings. The van der Waals surface area contributed by atoms with Gasteiger partial charge >= 0.3 is 0 Å². The van der Waals surface area contributed by atoms with Crippen LogP contribution in [0.1, 0.15) is 0 Å². The zero-order valence-electron chi connectivity index (χ0n) is 14.9. The third-order valence-corrected chi connectivity index (χ3v) is 4.49. The van der Waals surface area contributed by atoms with Gasteiger partial charge in [0.1, 0.15) is 5.52 Å². The molecule has 2 aromatic heterocycles. The quantitative estimate of drug-likeness (QED) is 0.443. The molecule has 0 amide bonds. The van der Waals surface area contributed by atoms with Crippen molar-refractivity contribution in [2.45, 2.75) is 0 Å². The average molecular weight is 364 g/mol. The highest BCUT2D eigenvalue weighted by Crippen LogP contribution is 2.31. The number of hydrogen-bond donors (Lipinski definition) is 1. The normalized spacial score (nSPS) is 10.9. The van der Waals surface area contributed by atoms with Crippen LogP contribution >= 0.6 is 0 Å². The summed E-state index contributed by atoms with van der Waals surface area (Å²) in [7, 11) is 0. The maximum atomic E-state index is 5.60. The summed E-state index contributed by atoms with van der Waals surface area (Å²) in [5.74, 6) is 1.31. The van der Waals surface area contributed by atoms with E-state index in [4.69, 9.17) is 4.52 Å². The Morgan fingerprint density at radius 1 is 0.750 bits per heavy atom. The summed E-state index contributed by atoms with van der Waals surface area (Å²) < 4.78 is 5.60. The molecule has 0 aliphatic heterocycles. The summed E-state index contributed by atoms with van der Waals surface area (Å²) in [6.45, 7) is 0. The first-order valence-corrected chi connectivity index (χ1v) is 8.97. The van der Waals surface area contributed by atoms with Crippen molar-refractivity contribution >= 4 is 22.5 Å². The molecule has 3 aromatic carbocycles. The number of fused-ring (bicyclic) bond motifs is 1. The van der Waals surface area contributed by atoms with Gasteiger partial charge < -0.3 is 9.84 Å². The summed E-state index contributed by atoms with van der Waals surface area (Å²) in [6, 6.07) is 27.7. The molecule has 0 unspecified atom stereocenters. The molecule has 0 fully saturated rings. The third kappa shape index (κ3) is 3.10. The van der Waals surface area contributed by atoms with Crippen LogP contribution in [0.3, 0.4) is 0 Å². The second kappa shape index (κ2) is 6.96. The number of aromatic nitrogens is 3. The topological polar surface area (TPSA) is 63.8 Å². The molecule has 2 heterocycles. The number of hydrogen-bond acceptors (Lipinski definition) is 5. The second-order valence-corrected chi connectivity index (χ2v) is 6.37. The smallest absolute Gasteiger partial charge is 0.227 e. The lowest BCUT2D eigenvalue weighted by Crippen LogP contribution is -1.97. The molecule has 28 heavy (non-hydrogen) atoms. The number of nitrogens with zero attached hydrogens (tertiary/aromatic N) is 3. The van der Waals surface area contributed by atoms with Gasteiger partial charge in [0.15, 0.2) is 5.76 Å². The van der Waals surface area contributed by atoms with E-state index in [9.17, 15) is 0 Å². The molecule has 5 heteroatoms. The highest BCUT2D eigenvalue weighted by Gasteiger charge is 2.12. The second-order valence-electron chi connectivity index (χ2n) is 6.37. The van der Waals surface area contributed by atoms with Gasteiger partial charge in [-0.2, -0.15) is 0 Å². The molecule has 0 radical (unpaired) electrons. The van der Waals surface area contributed by atoms with Crippen molar-refractivity contribution in [3.63, 3.8) is 0 Å². The van der Waals surface area contributed by atoms with Crippen molar-refractivity contribution in [3.05, 3.63) is 91.1 Å². The number of para-hydroxylation sites is 1. The van der Waals surface area contributed by atoms with Crippen molar-refractivity contribution in [2.75, 3.05) is 5.32 Å². The summed E-state index contributed by atoms with van der Waals surface area (Å²) in [5.41, 5.74) is 4.57. The van der Waals surface area contributed by atoms with Gasteiger partial charge in [-0.05, 0) is 30.3 Å². The van der Waals surface area contributed by atoms with Crippen LogP contribution in [-0.4, -0.2) is 15.1 Å². The number of benzene rings is 3. The van der Waals surface area contributed by atoms with Crippen LogP contribution < -0.4 is 5.32 Å². The van der Waals surface area contributed by atoms with E-state index in [0.29, 0.717) is 5.95 Å². The zero-order chi connectivity index (χ0) is 18.8. The molecular formula is C23H16N4O. The van der Waals surface area contributed by atoms with Crippen LogP contribution in [0.4, 0.5) is 11.6 Å². The number of nitrogens with one attached hydrogen (secondary N) is 1. The van der Waals surface area contributed by atoms with Crippen LogP contribution in [0.15, 0.2) is 95.6 Å². The van der Waals surface area contributed by atoms with Crippen LogP contribution in [-0.2, 0) is 0 Å². The Labute approximate surface area is 161 Å². The van der Waals surface area contributed by atoms with Crippen molar-refractivity contribution in [1.29, 1.82) is 0 Å². The molecule has 0 saturated heterocycles. The van der Waals surface area contributed by atoms with E-state index in [2.05, 4.69) is 26.5 Å². The number of rotatable bonds is 4. The predicted molar refractivity (Wildman–Crippen MR) is 110 cm³/mol. The lowest BCUT2D eigenvalue weighted by atomic mass is 10.0. The summed E-state index contributed by atoms with van der Waals surface area (Å²) in [4.78, 5) is 8.98. The highest BCUT2D eigenvalue weighted by molar-refractivity contribution is 5.94. The highest BCUT2D eigenvalue weighted by atomic mass is 16.5. The fraction of sp³-hybridized carbons (Fsp3) is 0. The minimum absolute atomic E-state index is 0.553. The van der Waals surface area contributed by atoms with E-state index in [0.717, 1.165) is 39.2 Å². The van der Waals surface area contributed by atoms with E-state index in [-0.39, 0.29) is 0 Å². The van der Waals surface area contributed by atoms with Crippen LogP contribution in [0.5, 0.6) is 0 Å². The molecule has 0 aliphatic carbocycles. The zero-order valence-corrected chi connectivity index (χ0v) is 14.9. The van der Waals surface area contributed by atoms with E-state index >= 15 is 0 Å².